The van der Waals surface area contributed by atoms with E-state index in [4.69, 9.17) is 0 Å². The summed E-state index contributed by atoms with van der Waals surface area (Å²) in [6.45, 7) is 4.57. The van der Waals surface area contributed by atoms with Gasteiger partial charge in [0.05, 0.1) is 0 Å². The van der Waals surface area contributed by atoms with Crippen LogP contribution >= 0.6 is 0 Å². The summed E-state index contributed by atoms with van der Waals surface area (Å²) in [5, 5.41) is 0. The van der Waals surface area contributed by atoms with Gasteiger partial charge in [-0.15, -0.1) is 6.58 Å². The van der Waals surface area contributed by atoms with Gasteiger partial charge in [0.25, 0.3) is 6.47 Å². The molecule has 1 fully saturated rings. The molecule has 0 aliphatic heterocycles. The van der Waals surface area contributed by atoms with Crippen LogP contribution in [0.1, 0.15) is 44.1 Å². The Morgan fingerprint density at radius 1 is 1.16 bits per heavy atom. The highest BCUT2D eigenvalue weighted by atomic mass is 16.5. The molecular formula is C17H24O2. The molecule has 1 aromatic carbocycles. The Hall–Kier alpha value is -1.57. The molecule has 104 valence electrons. The van der Waals surface area contributed by atoms with Crippen molar-refractivity contribution < 1.29 is 9.53 Å². The Balaban J connectivity index is 0.000000191. The summed E-state index contributed by atoms with van der Waals surface area (Å²) < 4.78 is 4.54. The van der Waals surface area contributed by atoms with E-state index in [1.807, 2.05) is 30.3 Å². The fraction of sp³-hybridized carbons (Fsp3) is 0.471. The molecule has 0 spiro atoms. The van der Waals surface area contributed by atoms with Gasteiger partial charge in [-0.25, -0.2) is 0 Å². The van der Waals surface area contributed by atoms with Crippen LogP contribution in [-0.2, 0) is 16.1 Å². The molecule has 0 radical (unpaired) electrons. The van der Waals surface area contributed by atoms with E-state index in [0.29, 0.717) is 13.1 Å². The number of carbonyl (C=O) groups excluding carboxylic acids is 1. The lowest BCUT2D eigenvalue weighted by Gasteiger charge is -2.19. The number of benzene rings is 1. The fourth-order valence-electron chi connectivity index (χ4n) is 2.36. The largest absolute Gasteiger partial charge is 0.463 e. The van der Waals surface area contributed by atoms with E-state index in [0.717, 1.165) is 11.5 Å². The maximum atomic E-state index is 9.76. The molecule has 0 heterocycles. The lowest BCUT2D eigenvalue weighted by molar-refractivity contribution is -0.129. The Morgan fingerprint density at radius 2 is 1.84 bits per heavy atom. The van der Waals surface area contributed by atoms with Crippen LogP contribution in [0, 0.1) is 5.92 Å². The molecule has 0 saturated heterocycles. The zero-order chi connectivity index (χ0) is 13.8. The van der Waals surface area contributed by atoms with Gasteiger partial charge in [0, 0.05) is 0 Å². The Kier molecular flexibility index (Phi) is 8.45. The molecule has 2 nitrogen and oxygen atoms in total. The molecule has 1 aromatic rings. The molecule has 19 heavy (non-hydrogen) atoms. The van der Waals surface area contributed by atoms with E-state index in [1.54, 1.807) is 0 Å². The fourth-order valence-corrected chi connectivity index (χ4v) is 2.36. The maximum Gasteiger partial charge on any atom is 0.293 e. The van der Waals surface area contributed by atoms with Crippen molar-refractivity contribution >= 4 is 6.47 Å². The Labute approximate surface area is 116 Å². The topological polar surface area (TPSA) is 26.3 Å². The number of carbonyl (C=O) groups is 1. The normalized spacial score (nSPS) is 14.9. The molecule has 0 amide bonds. The quantitative estimate of drug-likeness (QED) is 0.575. The monoisotopic (exact) mass is 260 g/mol. The van der Waals surface area contributed by atoms with Crippen LogP contribution in [-0.4, -0.2) is 6.47 Å². The van der Waals surface area contributed by atoms with E-state index in [-0.39, 0.29) is 0 Å². The van der Waals surface area contributed by atoms with Crippen molar-refractivity contribution in [2.45, 2.75) is 45.1 Å². The van der Waals surface area contributed by atoms with Crippen molar-refractivity contribution in [2.75, 3.05) is 0 Å². The lowest BCUT2D eigenvalue weighted by Crippen LogP contribution is -2.04. The van der Waals surface area contributed by atoms with Crippen LogP contribution in [0.4, 0.5) is 0 Å². The first-order valence-corrected chi connectivity index (χ1v) is 7.07. The van der Waals surface area contributed by atoms with Gasteiger partial charge in [0.15, 0.2) is 0 Å². The van der Waals surface area contributed by atoms with E-state index < -0.39 is 0 Å². The van der Waals surface area contributed by atoms with Gasteiger partial charge in [0.1, 0.15) is 6.61 Å². The number of hydrogen-bond acceptors (Lipinski definition) is 2. The first-order chi connectivity index (χ1) is 9.36. The van der Waals surface area contributed by atoms with Crippen LogP contribution in [0.5, 0.6) is 0 Å². The summed E-state index contributed by atoms with van der Waals surface area (Å²) in [6.07, 6.45) is 10.6. The number of ether oxygens (including phenoxy) is 1. The molecule has 2 heteroatoms. The van der Waals surface area contributed by atoms with Gasteiger partial charge in [0.2, 0.25) is 0 Å². The minimum absolute atomic E-state index is 0.365. The minimum atomic E-state index is 0.365. The van der Waals surface area contributed by atoms with Crippen LogP contribution in [0.15, 0.2) is 43.0 Å². The standard InChI is InChI=1S/C9H16.C8H8O2/c1-2-6-9-7-4-3-5-8-9;9-7-10-6-8-4-2-1-3-5-8/h2,9H,1,3-8H2;1-5,7H,6H2. The second kappa shape index (κ2) is 10.4. The highest BCUT2D eigenvalue weighted by Gasteiger charge is 2.10. The minimum Gasteiger partial charge on any atom is -0.463 e. The smallest absolute Gasteiger partial charge is 0.293 e. The molecule has 0 atom stereocenters. The first-order valence-electron chi connectivity index (χ1n) is 7.07. The highest BCUT2D eigenvalue weighted by molar-refractivity contribution is 5.37. The van der Waals surface area contributed by atoms with E-state index in [2.05, 4.69) is 17.4 Å². The van der Waals surface area contributed by atoms with Crippen molar-refractivity contribution in [1.82, 2.24) is 0 Å². The van der Waals surface area contributed by atoms with Gasteiger partial charge < -0.3 is 4.74 Å². The lowest BCUT2D eigenvalue weighted by atomic mass is 9.87. The third-order valence-electron chi connectivity index (χ3n) is 3.39. The van der Waals surface area contributed by atoms with Gasteiger partial charge in [-0.05, 0) is 17.9 Å². The third kappa shape index (κ3) is 7.45. The van der Waals surface area contributed by atoms with Crippen LogP contribution in [0.25, 0.3) is 0 Å². The van der Waals surface area contributed by atoms with Crippen LogP contribution in [0.3, 0.4) is 0 Å². The summed E-state index contributed by atoms with van der Waals surface area (Å²) in [5.74, 6) is 0.983. The Morgan fingerprint density at radius 3 is 2.42 bits per heavy atom. The van der Waals surface area contributed by atoms with Crippen LogP contribution < -0.4 is 0 Å². The van der Waals surface area contributed by atoms with E-state index in [9.17, 15) is 4.79 Å². The van der Waals surface area contributed by atoms with Gasteiger partial charge in [-0.1, -0.05) is 68.5 Å². The molecule has 2 rings (SSSR count). The molecular weight excluding hydrogens is 236 g/mol. The second-order valence-corrected chi connectivity index (χ2v) is 4.92. The first kappa shape index (κ1) is 15.5. The molecule has 0 aromatic heterocycles. The molecule has 0 bridgehead atoms. The van der Waals surface area contributed by atoms with E-state index in [1.165, 1.54) is 38.5 Å². The number of allylic oxidation sites excluding steroid dienone is 1. The van der Waals surface area contributed by atoms with Crippen molar-refractivity contribution in [3.05, 3.63) is 48.6 Å². The second-order valence-electron chi connectivity index (χ2n) is 4.92. The van der Waals surface area contributed by atoms with Gasteiger partial charge in [-0.3, -0.25) is 4.79 Å². The SMILES string of the molecule is C=CCC1CCCCC1.O=COCc1ccccc1. The predicted molar refractivity (Wildman–Crippen MR) is 78.7 cm³/mol. The summed E-state index contributed by atoms with van der Waals surface area (Å²) in [6, 6.07) is 9.55. The molecule has 0 unspecified atom stereocenters. The average Bonchev–Trinajstić information content (AvgIpc) is 2.48. The zero-order valence-electron chi connectivity index (χ0n) is 11.6. The predicted octanol–water partition coefficient (Wildman–Crippen LogP) is 4.50. The zero-order valence-corrected chi connectivity index (χ0v) is 11.6. The number of rotatable bonds is 5. The third-order valence-corrected chi connectivity index (χ3v) is 3.39. The van der Waals surface area contributed by atoms with Crippen molar-refractivity contribution in [3.63, 3.8) is 0 Å². The maximum absolute atomic E-state index is 9.76. The van der Waals surface area contributed by atoms with E-state index >= 15 is 0 Å². The highest BCUT2D eigenvalue weighted by Crippen LogP contribution is 2.25. The van der Waals surface area contributed by atoms with Gasteiger partial charge in [-0.2, -0.15) is 0 Å². The van der Waals surface area contributed by atoms with Crippen LogP contribution in [0.2, 0.25) is 0 Å². The van der Waals surface area contributed by atoms with Crippen molar-refractivity contribution in [2.24, 2.45) is 5.92 Å². The number of hydrogen-bond donors (Lipinski definition) is 0. The summed E-state index contributed by atoms with van der Waals surface area (Å²) >= 11 is 0. The summed E-state index contributed by atoms with van der Waals surface area (Å²) in [4.78, 5) is 9.76. The Bertz CT molecular complexity index is 340. The average molecular weight is 260 g/mol. The molecule has 1 aliphatic rings. The molecule has 1 aliphatic carbocycles. The van der Waals surface area contributed by atoms with Crippen molar-refractivity contribution in [3.8, 4) is 0 Å². The summed E-state index contributed by atoms with van der Waals surface area (Å²) in [7, 11) is 0. The van der Waals surface area contributed by atoms with Crippen molar-refractivity contribution in [1.29, 1.82) is 0 Å². The molecule has 0 N–H and O–H groups in total. The summed E-state index contributed by atoms with van der Waals surface area (Å²) in [5.41, 5.74) is 1.01. The molecule has 1 saturated carbocycles. The van der Waals surface area contributed by atoms with Gasteiger partial charge >= 0.3 is 0 Å².